The molecule has 0 bridgehead atoms. The van der Waals surface area contributed by atoms with Crippen molar-refractivity contribution in [1.82, 2.24) is 5.32 Å². The average Bonchev–Trinajstić information content (AvgIpc) is 2.13. The van der Waals surface area contributed by atoms with Gasteiger partial charge in [0, 0.05) is 13.8 Å². The molecule has 0 aliphatic carbocycles. The second-order valence-corrected chi connectivity index (χ2v) is 3.04. The van der Waals surface area contributed by atoms with Crippen molar-refractivity contribution in [3.8, 4) is 0 Å². The molecular weight excluding hydrogens is 208 g/mol. The van der Waals surface area contributed by atoms with Crippen molar-refractivity contribution >= 4 is 11.9 Å². The third-order valence-electron chi connectivity index (χ3n) is 1.44. The van der Waals surface area contributed by atoms with Gasteiger partial charge < -0.3 is 15.8 Å². The highest BCUT2D eigenvalue weighted by Crippen LogP contribution is 2.00. The second-order valence-electron chi connectivity index (χ2n) is 3.04. The van der Waals surface area contributed by atoms with Crippen LogP contribution in [0.15, 0.2) is 36.2 Å². The fraction of sp³-hybridized carbons (Fsp3) is 0.273. The van der Waals surface area contributed by atoms with E-state index in [1.165, 1.54) is 26.0 Å². The molecule has 0 atom stereocenters. The average molecular weight is 224 g/mol. The lowest BCUT2D eigenvalue weighted by molar-refractivity contribution is -0.139. The van der Waals surface area contributed by atoms with Gasteiger partial charge in [-0.1, -0.05) is 18.7 Å². The Hall–Kier alpha value is -2.04. The minimum atomic E-state index is -0.388. The first-order valence-electron chi connectivity index (χ1n) is 4.65. The molecule has 0 spiro atoms. The Morgan fingerprint density at radius 1 is 1.44 bits per heavy atom. The number of allylic oxidation sites excluding steroid dienone is 2. The van der Waals surface area contributed by atoms with E-state index >= 15 is 0 Å². The fourth-order valence-electron chi connectivity index (χ4n) is 0.913. The normalized spacial score (nSPS) is 11.9. The molecule has 88 valence electrons. The molecule has 0 aliphatic rings. The summed E-state index contributed by atoms with van der Waals surface area (Å²) >= 11 is 0. The summed E-state index contributed by atoms with van der Waals surface area (Å²) < 4.78 is 4.79. The molecule has 0 saturated heterocycles. The van der Waals surface area contributed by atoms with Crippen LogP contribution in [-0.2, 0) is 14.3 Å². The second kappa shape index (κ2) is 7.28. The zero-order chi connectivity index (χ0) is 12.6. The predicted octanol–water partition coefficient (Wildman–Crippen LogP) is 0.598. The Labute approximate surface area is 94.6 Å². The quantitative estimate of drug-likeness (QED) is 0.529. The molecule has 0 aliphatic heterocycles. The largest absolute Gasteiger partial charge is 0.461 e. The number of ether oxygens (including phenoxy) is 1. The van der Waals surface area contributed by atoms with Gasteiger partial charge >= 0.3 is 5.97 Å². The van der Waals surface area contributed by atoms with E-state index in [4.69, 9.17) is 10.5 Å². The summed E-state index contributed by atoms with van der Waals surface area (Å²) in [4.78, 5) is 21.3. The van der Waals surface area contributed by atoms with Crippen LogP contribution in [0, 0.1) is 0 Å². The molecule has 0 aromatic carbocycles. The monoisotopic (exact) mass is 224 g/mol. The molecule has 3 N–H and O–H groups in total. The Balaban J connectivity index is 4.55. The van der Waals surface area contributed by atoms with Crippen molar-refractivity contribution in [2.24, 2.45) is 5.73 Å². The number of hydrogen-bond donors (Lipinski definition) is 2. The Kier molecular flexibility index (Phi) is 6.35. The van der Waals surface area contributed by atoms with Crippen LogP contribution in [0.2, 0.25) is 0 Å². The highest BCUT2D eigenvalue weighted by molar-refractivity contribution is 5.74. The molecule has 5 heteroatoms. The third kappa shape index (κ3) is 7.37. The van der Waals surface area contributed by atoms with E-state index in [1.807, 2.05) is 0 Å². The standard InChI is InChI=1S/C11H16N2O3/c1-4-5-10(7-16-9(3)15)6-11(12)13-8(2)14/h4-6H,1,7,12H2,2-3H3,(H,13,14)/b10-5+,11-6+. The van der Waals surface area contributed by atoms with Crippen molar-refractivity contribution in [3.63, 3.8) is 0 Å². The van der Waals surface area contributed by atoms with Gasteiger partial charge in [0.25, 0.3) is 0 Å². The van der Waals surface area contributed by atoms with E-state index in [2.05, 4.69) is 11.9 Å². The molecule has 0 unspecified atom stereocenters. The predicted molar refractivity (Wildman–Crippen MR) is 61.0 cm³/mol. The van der Waals surface area contributed by atoms with Gasteiger partial charge in [-0.05, 0) is 11.6 Å². The van der Waals surface area contributed by atoms with Gasteiger partial charge in [0.05, 0.1) is 0 Å². The maximum Gasteiger partial charge on any atom is 0.302 e. The minimum Gasteiger partial charge on any atom is -0.461 e. The lowest BCUT2D eigenvalue weighted by Gasteiger charge is -2.05. The summed E-state index contributed by atoms with van der Waals surface area (Å²) in [6, 6.07) is 0. The molecule has 0 aromatic heterocycles. The van der Waals surface area contributed by atoms with Gasteiger partial charge in [0.2, 0.25) is 5.91 Å². The molecule has 0 fully saturated rings. The van der Waals surface area contributed by atoms with E-state index in [1.54, 1.807) is 6.08 Å². The summed E-state index contributed by atoms with van der Waals surface area (Å²) in [6.45, 7) is 6.27. The molecule has 16 heavy (non-hydrogen) atoms. The third-order valence-corrected chi connectivity index (χ3v) is 1.44. The van der Waals surface area contributed by atoms with Crippen LogP contribution < -0.4 is 11.1 Å². The van der Waals surface area contributed by atoms with Crippen molar-refractivity contribution in [1.29, 1.82) is 0 Å². The Morgan fingerprint density at radius 2 is 2.06 bits per heavy atom. The maximum absolute atomic E-state index is 10.7. The molecular formula is C11H16N2O3. The number of nitrogens with two attached hydrogens (primary N) is 1. The van der Waals surface area contributed by atoms with Crippen LogP contribution in [0.3, 0.4) is 0 Å². The van der Waals surface area contributed by atoms with E-state index in [0.29, 0.717) is 5.57 Å². The summed E-state index contributed by atoms with van der Waals surface area (Å²) in [6.07, 6.45) is 4.68. The first-order chi connectivity index (χ1) is 7.45. The molecule has 0 rings (SSSR count). The number of amides is 1. The van der Waals surface area contributed by atoms with Crippen molar-refractivity contribution in [3.05, 3.63) is 36.2 Å². The number of esters is 1. The molecule has 1 amide bonds. The zero-order valence-electron chi connectivity index (χ0n) is 9.45. The van der Waals surface area contributed by atoms with Crippen molar-refractivity contribution in [2.45, 2.75) is 13.8 Å². The first kappa shape index (κ1) is 14.0. The SMILES string of the molecule is C=C/C=C(\C=C(/N)NC(C)=O)COC(C)=O. The van der Waals surface area contributed by atoms with E-state index < -0.39 is 0 Å². The van der Waals surface area contributed by atoms with E-state index in [0.717, 1.165) is 0 Å². The lowest BCUT2D eigenvalue weighted by Crippen LogP contribution is -2.25. The van der Waals surface area contributed by atoms with Gasteiger partial charge in [-0.15, -0.1) is 0 Å². The van der Waals surface area contributed by atoms with Crippen LogP contribution in [-0.4, -0.2) is 18.5 Å². The highest BCUT2D eigenvalue weighted by atomic mass is 16.5. The molecule has 5 nitrogen and oxygen atoms in total. The fourth-order valence-corrected chi connectivity index (χ4v) is 0.913. The van der Waals surface area contributed by atoms with Crippen molar-refractivity contribution in [2.75, 3.05) is 6.61 Å². The van der Waals surface area contributed by atoms with Gasteiger partial charge in [-0.3, -0.25) is 9.59 Å². The topological polar surface area (TPSA) is 81.4 Å². The number of carbonyl (C=O) groups excluding carboxylic acids is 2. The zero-order valence-corrected chi connectivity index (χ0v) is 9.45. The van der Waals surface area contributed by atoms with Gasteiger partial charge in [0.1, 0.15) is 12.4 Å². The number of rotatable bonds is 5. The van der Waals surface area contributed by atoms with Gasteiger partial charge in [0.15, 0.2) is 0 Å². The van der Waals surface area contributed by atoms with Gasteiger partial charge in [-0.25, -0.2) is 0 Å². The van der Waals surface area contributed by atoms with Gasteiger partial charge in [-0.2, -0.15) is 0 Å². The lowest BCUT2D eigenvalue weighted by atomic mass is 10.2. The smallest absolute Gasteiger partial charge is 0.302 e. The Bertz CT molecular complexity index is 343. The summed E-state index contributed by atoms with van der Waals surface area (Å²) in [7, 11) is 0. The van der Waals surface area contributed by atoms with Crippen molar-refractivity contribution < 1.29 is 14.3 Å². The highest BCUT2D eigenvalue weighted by Gasteiger charge is 1.99. The molecule has 0 saturated carbocycles. The van der Waals surface area contributed by atoms with Crippen LogP contribution in [0.5, 0.6) is 0 Å². The van der Waals surface area contributed by atoms with Crippen LogP contribution in [0.25, 0.3) is 0 Å². The summed E-state index contributed by atoms with van der Waals surface area (Å²) in [5.41, 5.74) is 6.16. The van der Waals surface area contributed by atoms with Crippen LogP contribution in [0.1, 0.15) is 13.8 Å². The number of carbonyl (C=O) groups is 2. The van der Waals surface area contributed by atoms with Crippen LogP contribution in [0.4, 0.5) is 0 Å². The minimum absolute atomic E-state index is 0.0850. The van der Waals surface area contributed by atoms with Crippen LogP contribution >= 0.6 is 0 Å². The van der Waals surface area contributed by atoms with E-state index in [9.17, 15) is 9.59 Å². The number of nitrogens with one attached hydrogen (secondary N) is 1. The first-order valence-corrected chi connectivity index (χ1v) is 4.65. The summed E-state index contributed by atoms with van der Waals surface area (Å²) in [5.74, 6) is -0.464. The van der Waals surface area contributed by atoms with E-state index in [-0.39, 0.29) is 24.3 Å². The maximum atomic E-state index is 10.7. The number of hydrogen-bond acceptors (Lipinski definition) is 4. The Morgan fingerprint density at radius 3 is 2.50 bits per heavy atom. The molecule has 0 heterocycles. The molecule has 0 radical (unpaired) electrons. The molecule has 0 aromatic rings. The summed E-state index contributed by atoms with van der Waals surface area (Å²) in [5, 5.41) is 2.40.